The summed E-state index contributed by atoms with van der Waals surface area (Å²) in [5.74, 6) is -2.13. The number of fused-ring (bicyclic) bond motifs is 1. The van der Waals surface area contributed by atoms with Gasteiger partial charge in [0.25, 0.3) is 10.1 Å². The molecule has 0 unspecified atom stereocenters. The minimum atomic E-state index is -4.76. The van der Waals surface area contributed by atoms with Gasteiger partial charge in [-0.25, -0.2) is 4.79 Å². The van der Waals surface area contributed by atoms with Gasteiger partial charge >= 0.3 is 5.97 Å². The minimum absolute atomic E-state index is 0.217. The molecule has 5 aromatic carbocycles. The topological polar surface area (TPSA) is 208 Å². The van der Waals surface area contributed by atoms with Crippen LogP contribution >= 0.6 is 0 Å². The van der Waals surface area contributed by atoms with Gasteiger partial charge < -0.3 is 21.1 Å². The van der Waals surface area contributed by atoms with Crippen molar-refractivity contribution >= 4 is 55.3 Å². The van der Waals surface area contributed by atoms with E-state index in [0.717, 1.165) is 17.2 Å². The van der Waals surface area contributed by atoms with E-state index in [1.807, 2.05) is 12.1 Å². The number of benzene rings is 5. The number of aromatic hydroxyl groups is 2. The first-order valence-corrected chi connectivity index (χ1v) is 13.6. The molecule has 0 atom stereocenters. The summed E-state index contributed by atoms with van der Waals surface area (Å²) in [6, 6.07) is 23.6. The first-order valence-electron chi connectivity index (χ1n) is 12.1. The smallest absolute Gasteiger partial charge is 0.339 e. The van der Waals surface area contributed by atoms with Crippen LogP contribution in [0.2, 0.25) is 0 Å². The Bertz CT molecular complexity index is 2010. The summed E-state index contributed by atoms with van der Waals surface area (Å²) in [6.07, 6.45) is 0. The summed E-state index contributed by atoms with van der Waals surface area (Å²) in [5.41, 5.74) is 8.23. The Balaban J connectivity index is 1.36. The Morgan fingerprint density at radius 3 is 1.81 bits per heavy atom. The van der Waals surface area contributed by atoms with Crippen LogP contribution in [0.25, 0.3) is 21.9 Å². The molecule has 13 heteroatoms. The molecule has 0 fully saturated rings. The number of hydrogen-bond donors (Lipinski definition) is 5. The molecular weight excluding hydrogens is 562 g/mol. The van der Waals surface area contributed by atoms with Crippen LogP contribution in [-0.2, 0) is 10.1 Å². The fraction of sp³-hybridized carbons (Fsp3) is 0. The molecule has 5 aromatic rings. The molecule has 0 aliphatic carbocycles. The van der Waals surface area contributed by atoms with Gasteiger partial charge in [-0.1, -0.05) is 36.4 Å². The average Bonchev–Trinajstić information content (AvgIpc) is 2.96. The normalized spacial score (nSPS) is 11.9. The maximum absolute atomic E-state index is 12.0. The number of rotatable bonds is 7. The Kier molecular flexibility index (Phi) is 7.35. The monoisotopic (exact) mass is 583 g/mol. The second kappa shape index (κ2) is 11.1. The van der Waals surface area contributed by atoms with Gasteiger partial charge in [0.05, 0.1) is 17.1 Å². The molecule has 0 heterocycles. The SMILES string of the molecule is Nc1cccc2c(O)c(N=Nc3ccc(-c4ccc(N=Nc5ccc(O)c(C(=O)O)c5)cc4)cc3)c(S(=O)(=O)O)cc12. The maximum atomic E-state index is 12.0. The van der Waals surface area contributed by atoms with Crippen LogP contribution in [0, 0.1) is 0 Å². The summed E-state index contributed by atoms with van der Waals surface area (Å²) in [6.45, 7) is 0. The predicted molar refractivity (Wildman–Crippen MR) is 155 cm³/mol. The number of carboxylic acid groups (broad SMARTS) is 1. The number of phenolic OH excluding ortho intramolecular Hbond substituents is 1. The number of nitrogens with two attached hydrogens (primary N) is 1. The number of carboxylic acids is 1. The Morgan fingerprint density at radius 2 is 1.24 bits per heavy atom. The number of aromatic carboxylic acids is 1. The van der Waals surface area contributed by atoms with Crippen molar-refractivity contribution in [2.75, 3.05) is 5.73 Å². The van der Waals surface area contributed by atoms with E-state index in [2.05, 4.69) is 20.5 Å². The lowest BCUT2D eigenvalue weighted by Crippen LogP contribution is -2.00. The van der Waals surface area contributed by atoms with Gasteiger partial charge in [0.1, 0.15) is 21.9 Å². The number of nitrogens with zero attached hydrogens (tertiary/aromatic N) is 4. The van der Waals surface area contributed by atoms with Gasteiger partial charge in [-0.3, -0.25) is 4.55 Å². The highest BCUT2D eigenvalue weighted by Gasteiger charge is 2.22. The summed E-state index contributed by atoms with van der Waals surface area (Å²) in [7, 11) is -4.76. The lowest BCUT2D eigenvalue weighted by atomic mass is 10.1. The molecule has 0 bridgehead atoms. The van der Waals surface area contributed by atoms with Gasteiger partial charge in [-0.15, -0.1) is 5.11 Å². The van der Waals surface area contributed by atoms with Crippen molar-refractivity contribution in [3.63, 3.8) is 0 Å². The lowest BCUT2D eigenvalue weighted by Gasteiger charge is -2.10. The molecule has 0 saturated carbocycles. The van der Waals surface area contributed by atoms with Crippen LogP contribution in [0.3, 0.4) is 0 Å². The molecule has 0 amide bonds. The second-order valence-corrected chi connectivity index (χ2v) is 10.4. The number of phenols is 2. The zero-order chi connectivity index (χ0) is 30.0. The molecule has 12 nitrogen and oxygen atoms in total. The van der Waals surface area contributed by atoms with E-state index in [0.29, 0.717) is 11.4 Å². The highest BCUT2D eigenvalue weighted by molar-refractivity contribution is 7.86. The van der Waals surface area contributed by atoms with Crippen molar-refractivity contribution in [2.45, 2.75) is 4.90 Å². The molecular formula is C29H21N5O7S. The van der Waals surface area contributed by atoms with E-state index < -0.39 is 32.4 Å². The zero-order valence-corrected chi connectivity index (χ0v) is 22.3. The van der Waals surface area contributed by atoms with Crippen LogP contribution in [0.1, 0.15) is 10.4 Å². The van der Waals surface area contributed by atoms with E-state index in [4.69, 9.17) is 10.8 Å². The van der Waals surface area contributed by atoms with E-state index >= 15 is 0 Å². The van der Waals surface area contributed by atoms with Gasteiger partial charge in [0, 0.05) is 16.5 Å². The Morgan fingerprint density at radius 1 is 0.690 bits per heavy atom. The van der Waals surface area contributed by atoms with Crippen molar-refractivity contribution in [1.29, 1.82) is 0 Å². The summed E-state index contributed by atoms with van der Waals surface area (Å²) >= 11 is 0. The lowest BCUT2D eigenvalue weighted by molar-refractivity contribution is 0.0693. The van der Waals surface area contributed by atoms with E-state index in [1.54, 1.807) is 42.5 Å². The van der Waals surface area contributed by atoms with Crippen molar-refractivity contribution < 1.29 is 33.1 Å². The molecule has 210 valence electrons. The summed E-state index contributed by atoms with van der Waals surface area (Å²) < 4.78 is 33.8. The molecule has 0 aliphatic heterocycles. The summed E-state index contributed by atoms with van der Waals surface area (Å²) in [5, 5.41) is 46.0. The molecule has 0 radical (unpaired) electrons. The van der Waals surface area contributed by atoms with E-state index in [9.17, 15) is 28.0 Å². The van der Waals surface area contributed by atoms with Gasteiger partial charge in [0.2, 0.25) is 0 Å². The van der Waals surface area contributed by atoms with Crippen molar-refractivity contribution in [2.24, 2.45) is 20.5 Å². The fourth-order valence-corrected chi connectivity index (χ4v) is 4.76. The number of nitrogen functional groups attached to an aromatic ring is 1. The first-order chi connectivity index (χ1) is 20.0. The van der Waals surface area contributed by atoms with Crippen LogP contribution in [0.15, 0.2) is 116 Å². The van der Waals surface area contributed by atoms with Crippen LogP contribution in [-0.4, -0.2) is 34.3 Å². The third-order valence-electron chi connectivity index (χ3n) is 6.23. The fourth-order valence-electron chi connectivity index (χ4n) is 4.11. The van der Waals surface area contributed by atoms with Crippen molar-refractivity contribution in [3.8, 4) is 22.6 Å². The van der Waals surface area contributed by atoms with Gasteiger partial charge in [-0.2, -0.15) is 23.8 Å². The van der Waals surface area contributed by atoms with Crippen LogP contribution in [0.4, 0.5) is 28.4 Å². The second-order valence-electron chi connectivity index (χ2n) is 8.99. The molecule has 0 aromatic heterocycles. The van der Waals surface area contributed by atoms with Crippen molar-refractivity contribution in [3.05, 3.63) is 96.6 Å². The Labute approximate surface area is 238 Å². The number of hydrogen-bond acceptors (Lipinski definition) is 10. The molecule has 42 heavy (non-hydrogen) atoms. The third kappa shape index (κ3) is 5.77. The number of carbonyl (C=O) groups is 1. The van der Waals surface area contributed by atoms with E-state index in [-0.39, 0.29) is 33.5 Å². The molecule has 6 N–H and O–H groups in total. The van der Waals surface area contributed by atoms with E-state index in [1.165, 1.54) is 30.3 Å². The number of anilines is 1. The molecule has 0 saturated heterocycles. The maximum Gasteiger partial charge on any atom is 0.339 e. The van der Waals surface area contributed by atoms with Crippen LogP contribution in [0.5, 0.6) is 11.5 Å². The zero-order valence-electron chi connectivity index (χ0n) is 21.4. The quantitative estimate of drug-likeness (QED) is 0.0745. The summed E-state index contributed by atoms with van der Waals surface area (Å²) in [4.78, 5) is 10.5. The first kappa shape index (κ1) is 27.9. The third-order valence-corrected chi connectivity index (χ3v) is 7.10. The Hall–Kier alpha value is -5.66. The number of azo groups is 2. The molecule has 0 spiro atoms. The standard InChI is InChI=1S/C29H21N5O7S/c30-24-3-1-2-21-22(24)15-26(42(39,40)41)27(28(21)36)34-32-19-10-6-17(7-11-19)16-4-8-18(9-5-16)31-33-20-12-13-25(35)23(14-20)29(37)38/h1-15,35-36H,30H2,(H,37,38)(H,39,40,41). The van der Waals surface area contributed by atoms with Crippen LogP contribution < -0.4 is 5.73 Å². The highest BCUT2D eigenvalue weighted by atomic mass is 32.2. The minimum Gasteiger partial charge on any atom is -0.507 e. The largest absolute Gasteiger partial charge is 0.507 e. The molecule has 5 rings (SSSR count). The average molecular weight is 584 g/mol. The molecule has 0 aliphatic rings. The van der Waals surface area contributed by atoms with Gasteiger partial charge in [0.15, 0.2) is 5.75 Å². The van der Waals surface area contributed by atoms with Gasteiger partial charge in [-0.05, 0) is 65.7 Å². The predicted octanol–water partition coefficient (Wildman–Crippen LogP) is 7.28. The van der Waals surface area contributed by atoms with Crippen molar-refractivity contribution in [1.82, 2.24) is 0 Å². The highest BCUT2D eigenvalue weighted by Crippen LogP contribution is 2.42.